The molecule has 5 nitrogen and oxygen atoms in total. The Morgan fingerprint density at radius 3 is 2.65 bits per heavy atom. The highest BCUT2D eigenvalue weighted by Gasteiger charge is 2.46. The zero-order valence-electron chi connectivity index (χ0n) is 11.4. The number of nitrogens with zero attached hydrogens (tertiary/aromatic N) is 1. The monoisotopic (exact) mass is 294 g/mol. The average molecular weight is 294 g/mol. The van der Waals surface area contributed by atoms with Crippen LogP contribution in [0.5, 0.6) is 0 Å². The number of amides is 1. The molecule has 2 heterocycles. The molecule has 2 aliphatic heterocycles. The third kappa shape index (κ3) is 2.13. The maximum absolute atomic E-state index is 12.7. The summed E-state index contributed by atoms with van der Waals surface area (Å²) in [6.07, 6.45) is 1.85. The Morgan fingerprint density at radius 1 is 1.30 bits per heavy atom. The van der Waals surface area contributed by atoms with Gasteiger partial charge in [-0.1, -0.05) is 19.1 Å². The summed E-state index contributed by atoms with van der Waals surface area (Å²) in [7, 11) is -3.50. The van der Waals surface area contributed by atoms with Crippen LogP contribution in [0, 0.1) is 0 Å². The average Bonchev–Trinajstić information content (AvgIpc) is 2.97. The van der Waals surface area contributed by atoms with Crippen molar-refractivity contribution in [2.24, 2.45) is 0 Å². The summed E-state index contributed by atoms with van der Waals surface area (Å²) in [5, 5.41) is 2.84. The van der Waals surface area contributed by atoms with Crippen LogP contribution in [-0.2, 0) is 21.2 Å². The molecule has 20 heavy (non-hydrogen) atoms. The second-order valence-corrected chi connectivity index (χ2v) is 7.24. The second kappa shape index (κ2) is 4.86. The van der Waals surface area contributed by atoms with Crippen molar-refractivity contribution in [3.63, 3.8) is 0 Å². The zero-order chi connectivity index (χ0) is 14.3. The van der Waals surface area contributed by atoms with E-state index in [0.717, 1.165) is 12.0 Å². The number of fused-ring (bicyclic) bond motifs is 1. The molecule has 1 aromatic carbocycles. The van der Waals surface area contributed by atoms with Crippen LogP contribution < -0.4 is 5.32 Å². The van der Waals surface area contributed by atoms with Crippen molar-refractivity contribution in [2.75, 3.05) is 6.54 Å². The Morgan fingerprint density at radius 2 is 2.00 bits per heavy atom. The van der Waals surface area contributed by atoms with E-state index in [-0.39, 0.29) is 24.4 Å². The van der Waals surface area contributed by atoms with Crippen LogP contribution in [-0.4, -0.2) is 37.3 Å². The summed E-state index contributed by atoms with van der Waals surface area (Å²) in [6.45, 7) is 2.51. The molecule has 3 rings (SSSR count). The fourth-order valence-corrected chi connectivity index (χ4v) is 4.70. The van der Waals surface area contributed by atoms with Crippen molar-refractivity contribution in [1.29, 1.82) is 0 Å². The first-order chi connectivity index (χ1) is 9.52. The van der Waals surface area contributed by atoms with Crippen molar-refractivity contribution in [3.05, 3.63) is 29.8 Å². The topological polar surface area (TPSA) is 66.5 Å². The Bertz CT molecular complexity index is 624. The SMILES string of the molecule is CCc1ccc(S(=O)(=O)N2CC[C@H]3NC(=O)C[C@@H]32)cc1. The van der Waals surface area contributed by atoms with Gasteiger partial charge in [0.1, 0.15) is 0 Å². The minimum Gasteiger partial charge on any atom is -0.352 e. The smallest absolute Gasteiger partial charge is 0.243 e. The van der Waals surface area contributed by atoms with Crippen LogP contribution in [0.3, 0.4) is 0 Å². The van der Waals surface area contributed by atoms with Crippen molar-refractivity contribution < 1.29 is 13.2 Å². The van der Waals surface area contributed by atoms with Gasteiger partial charge in [-0.25, -0.2) is 8.42 Å². The van der Waals surface area contributed by atoms with Gasteiger partial charge in [0.05, 0.1) is 10.9 Å². The van der Waals surface area contributed by atoms with Gasteiger partial charge in [0.15, 0.2) is 0 Å². The molecular weight excluding hydrogens is 276 g/mol. The lowest BCUT2D eigenvalue weighted by molar-refractivity contribution is -0.119. The van der Waals surface area contributed by atoms with Crippen LogP contribution >= 0.6 is 0 Å². The summed E-state index contributed by atoms with van der Waals surface area (Å²) >= 11 is 0. The van der Waals surface area contributed by atoms with E-state index < -0.39 is 10.0 Å². The molecule has 0 bridgehead atoms. The lowest BCUT2D eigenvalue weighted by atomic mass is 10.1. The second-order valence-electron chi connectivity index (χ2n) is 5.35. The first-order valence-electron chi connectivity index (χ1n) is 6.92. The number of hydrogen-bond acceptors (Lipinski definition) is 3. The standard InChI is InChI=1S/C14H18N2O3S/c1-2-10-3-5-11(6-4-10)20(18,19)16-8-7-12-13(16)9-14(17)15-12/h3-6,12-13H,2,7-9H2,1H3,(H,15,17)/t12-,13+/m1/s1. The molecule has 0 spiro atoms. The number of sulfonamides is 1. The Kier molecular flexibility index (Phi) is 3.30. The Hall–Kier alpha value is -1.40. The lowest BCUT2D eigenvalue weighted by Gasteiger charge is -2.22. The third-order valence-corrected chi connectivity index (χ3v) is 6.11. The number of benzene rings is 1. The highest BCUT2D eigenvalue weighted by molar-refractivity contribution is 7.89. The maximum atomic E-state index is 12.7. The summed E-state index contributed by atoms with van der Waals surface area (Å²) in [4.78, 5) is 11.7. The minimum absolute atomic E-state index is 0.0211. The lowest BCUT2D eigenvalue weighted by Crippen LogP contribution is -2.38. The number of rotatable bonds is 3. The molecular formula is C14H18N2O3S. The van der Waals surface area contributed by atoms with Crippen LogP contribution in [0.15, 0.2) is 29.2 Å². The van der Waals surface area contributed by atoms with E-state index in [0.29, 0.717) is 17.9 Å². The fraction of sp³-hybridized carbons (Fsp3) is 0.500. The van der Waals surface area contributed by atoms with Gasteiger partial charge in [-0.3, -0.25) is 4.79 Å². The van der Waals surface area contributed by atoms with Gasteiger partial charge in [-0.15, -0.1) is 0 Å². The molecule has 1 N–H and O–H groups in total. The van der Waals surface area contributed by atoms with Gasteiger partial charge in [-0.05, 0) is 30.5 Å². The van der Waals surface area contributed by atoms with Gasteiger partial charge in [0.2, 0.25) is 15.9 Å². The number of aryl methyl sites for hydroxylation is 1. The summed E-state index contributed by atoms with van der Waals surface area (Å²) < 4.78 is 26.8. The maximum Gasteiger partial charge on any atom is 0.243 e. The number of carbonyl (C=O) groups excluding carboxylic acids is 1. The third-order valence-electron chi connectivity index (χ3n) is 4.17. The molecule has 2 atom stereocenters. The first kappa shape index (κ1) is 13.6. The molecule has 0 unspecified atom stereocenters. The molecule has 1 aromatic rings. The highest BCUT2D eigenvalue weighted by Crippen LogP contribution is 2.31. The number of hydrogen-bond donors (Lipinski definition) is 1. The van der Waals surface area contributed by atoms with Crippen LogP contribution in [0.1, 0.15) is 25.3 Å². The molecule has 0 aromatic heterocycles. The van der Waals surface area contributed by atoms with E-state index in [1.807, 2.05) is 19.1 Å². The molecule has 6 heteroatoms. The van der Waals surface area contributed by atoms with E-state index in [1.54, 1.807) is 12.1 Å². The predicted molar refractivity (Wildman–Crippen MR) is 74.7 cm³/mol. The molecule has 0 aliphatic carbocycles. The molecule has 108 valence electrons. The van der Waals surface area contributed by atoms with Crippen molar-refractivity contribution in [3.8, 4) is 0 Å². The van der Waals surface area contributed by atoms with Gasteiger partial charge in [0, 0.05) is 19.0 Å². The van der Waals surface area contributed by atoms with Crippen LogP contribution in [0.25, 0.3) is 0 Å². The van der Waals surface area contributed by atoms with Crippen LogP contribution in [0.4, 0.5) is 0 Å². The van der Waals surface area contributed by atoms with E-state index in [1.165, 1.54) is 4.31 Å². The van der Waals surface area contributed by atoms with E-state index in [2.05, 4.69) is 5.32 Å². The quantitative estimate of drug-likeness (QED) is 0.900. The molecule has 2 aliphatic rings. The zero-order valence-corrected chi connectivity index (χ0v) is 12.2. The molecule has 2 saturated heterocycles. The minimum atomic E-state index is -3.50. The van der Waals surface area contributed by atoms with Crippen LogP contribution in [0.2, 0.25) is 0 Å². The molecule has 1 amide bonds. The summed E-state index contributed by atoms with van der Waals surface area (Å²) in [6, 6.07) is 6.76. The Balaban J connectivity index is 1.89. The van der Waals surface area contributed by atoms with E-state index in [4.69, 9.17) is 0 Å². The van der Waals surface area contributed by atoms with Crippen molar-refractivity contribution >= 4 is 15.9 Å². The normalized spacial score (nSPS) is 26.6. The van der Waals surface area contributed by atoms with Crippen molar-refractivity contribution in [2.45, 2.75) is 43.2 Å². The largest absolute Gasteiger partial charge is 0.352 e. The molecule has 2 fully saturated rings. The summed E-state index contributed by atoms with van der Waals surface area (Å²) in [5.41, 5.74) is 1.11. The van der Waals surface area contributed by atoms with Gasteiger partial charge in [-0.2, -0.15) is 4.31 Å². The van der Waals surface area contributed by atoms with Gasteiger partial charge >= 0.3 is 0 Å². The van der Waals surface area contributed by atoms with E-state index in [9.17, 15) is 13.2 Å². The predicted octanol–water partition coefficient (Wildman–Crippen LogP) is 0.900. The number of nitrogens with one attached hydrogen (secondary N) is 1. The first-order valence-corrected chi connectivity index (χ1v) is 8.36. The van der Waals surface area contributed by atoms with E-state index >= 15 is 0 Å². The van der Waals surface area contributed by atoms with Gasteiger partial charge in [0.25, 0.3) is 0 Å². The number of carbonyl (C=O) groups is 1. The van der Waals surface area contributed by atoms with Gasteiger partial charge < -0.3 is 5.32 Å². The molecule has 0 radical (unpaired) electrons. The highest BCUT2D eigenvalue weighted by atomic mass is 32.2. The van der Waals surface area contributed by atoms with Crippen molar-refractivity contribution in [1.82, 2.24) is 9.62 Å². The molecule has 0 saturated carbocycles. The fourth-order valence-electron chi connectivity index (χ4n) is 3.02. The summed E-state index contributed by atoms with van der Waals surface area (Å²) in [5.74, 6) is -0.0544. The Labute approximate surface area is 119 Å².